The SMILES string of the molecule is [3H]OCCOCC(COCCO[3H])(COCCO[3H])COCCOC. The van der Waals surface area contributed by atoms with Gasteiger partial charge in [-0.05, 0) is 0 Å². The molecule has 0 bridgehead atoms. The van der Waals surface area contributed by atoms with Gasteiger partial charge in [0.2, 0.25) is 4.29 Å². The molecule has 0 amide bonds. The molecule has 0 unspecified atom stereocenters. The molecule has 0 aromatic heterocycles. The first kappa shape index (κ1) is 16.5. The molecule has 0 saturated heterocycles. The monoisotopic (exact) mass is 332 g/mol. The van der Waals surface area contributed by atoms with Crippen molar-refractivity contribution < 1.29 is 39.0 Å². The minimum absolute atomic E-state index is 0.154. The van der Waals surface area contributed by atoms with Crippen molar-refractivity contribution >= 4 is 0 Å². The lowest BCUT2D eigenvalue weighted by Gasteiger charge is -2.32. The highest BCUT2D eigenvalue weighted by atomic mass is 16.5. The van der Waals surface area contributed by atoms with Crippen molar-refractivity contribution in [2.45, 2.75) is 0 Å². The van der Waals surface area contributed by atoms with Gasteiger partial charge in [-0.1, -0.05) is 0 Å². The summed E-state index contributed by atoms with van der Waals surface area (Å²) in [6.45, 7) is 3.24. The van der Waals surface area contributed by atoms with Crippen molar-refractivity contribution in [3.63, 3.8) is 0 Å². The second-order valence-corrected chi connectivity index (χ2v) is 4.82. The van der Waals surface area contributed by atoms with Crippen LogP contribution in [0.25, 0.3) is 0 Å². The quantitative estimate of drug-likeness (QED) is 0.235. The molecule has 0 aromatic carbocycles. The van der Waals surface area contributed by atoms with E-state index >= 15 is 0 Å². The Morgan fingerprint density at radius 2 is 1.09 bits per heavy atom. The summed E-state index contributed by atoms with van der Waals surface area (Å²) in [5.41, 5.74) is -0.597. The lowest BCUT2D eigenvalue weighted by Crippen LogP contribution is -2.42. The van der Waals surface area contributed by atoms with Gasteiger partial charge in [-0.25, -0.2) is 0 Å². The first-order valence-electron chi connectivity index (χ1n) is 8.51. The minimum atomic E-state index is -0.597. The molecule has 8 nitrogen and oxygen atoms in total. The fourth-order valence-corrected chi connectivity index (χ4v) is 1.72. The number of aliphatic hydroxyl groups is 3. The second-order valence-electron chi connectivity index (χ2n) is 4.82. The molecule has 0 aliphatic heterocycles. The van der Waals surface area contributed by atoms with E-state index in [4.69, 9.17) is 28.0 Å². The lowest BCUT2D eigenvalue weighted by molar-refractivity contribution is -0.116. The van der Waals surface area contributed by atoms with Crippen LogP contribution in [0.1, 0.15) is 0 Å². The number of aliphatic hydroxyl groups excluding tert-OH is 3. The van der Waals surface area contributed by atoms with E-state index in [-0.39, 0.29) is 59.5 Å². The van der Waals surface area contributed by atoms with Crippen LogP contribution >= 0.6 is 0 Å². The van der Waals surface area contributed by atoms with Crippen molar-refractivity contribution in [3.8, 4) is 0 Å². The van der Waals surface area contributed by atoms with Gasteiger partial charge < -0.3 is 39.0 Å². The Bertz CT molecular complexity index is 223. The first-order chi connectivity index (χ1) is 12.2. The van der Waals surface area contributed by atoms with Crippen molar-refractivity contribution in [2.75, 3.05) is 86.4 Å². The topological polar surface area (TPSA) is 107 Å². The number of ether oxygens (including phenoxy) is 5. The number of methoxy groups -OCH3 is 1. The molecule has 0 fully saturated rings. The van der Waals surface area contributed by atoms with Gasteiger partial charge in [0, 0.05) is 7.11 Å². The highest BCUT2D eigenvalue weighted by molar-refractivity contribution is 4.79. The molecule has 0 heterocycles. The third kappa shape index (κ3) is 11.3. The fourth-order valence-electron chi connectivity index (χ4n) is 1.72. The summed E-state index contributed by atoms with van der Waals surface area (Å²) in [4.78, 5) is 0. The van der Waals surface area contributed by atoms with Crippen LogP contribution in [0.15, 0.2) is 0 Å². The summed E-state index contributed by atoms with van der Waals surface area (Å²) in [5.74, 6) is 0. The predicted molar refractivity (Wildman–Crippen MR) is 78.8 cm³/mol. The Morgan fingerprint density at radius 1 is 0.682 bits per heavy atom. The first-order valence-corrected chi connectivity index (χ1v) is 7.29. The Kier molecular flexibility index (Phi) is 11.7. The summed E-state index contributed by atoms with van der Waals surface area (Å²) >= 11 is 0. The third-order valence-electron chi connectivity index (χ3n) is 2.75. The van der Waals surface area contributed by atoms with Crippen LogP contribution in [0.2, 0.25) is 0 Å². The Balaban J connectivity index is 4.62. The van der Waals surface area contributed by atoms with Crippen LogP contribution in [-0.2, 0) is 23.7 Å². The van der Waals surface area contributed by atoms with Crippen LogP contribution in [0.5, 0.6) is 0 Å². The molecule has 0 radical (unpaired) electrons. The maximum atomic E-state index is 6.68. The lowest BCUT2D eigenvalue weighted by atomic mass is 9.92. The van der Waals surface area contributed by atoms with Gasteiger partial charge in [0.25, 0.3) is 0 Å². The zero-order valence-corrected chi connectivity index (χ0v) is 13.3. The third-order valence-corrected chi connectivity index (χ3v) is 2.75. The van der Waals surface area contributed by atoms with Crippen molar-refractivity contribution in [1.82, 2.24) is 0 Å². The zero-order chi connectivity index (χ0) is 18.6. The maximum Gasteiger partial charge on any atom is 0.210 e. The molecule has 0 aliphatic carbocycles. The number of rotatable bonds is 20. The van der Waals surface area contributed by atoms with E-state index in [9.17, 15) is 0 Å². The van der Waals surface area contributed by atoms with Crippen molar-refractivity contribution in [3.05, 3.63) is 0 Å². The van der Waals surface area contributed by atoms with E-state index < -0.39 is 5.41 Å². The molecular weight excluding hydrogens is 296 g/mol. The summed E-state index contributed by atoms with van der Waals surface area (Å²) in [7, 11) is 1.59. The fraction of sp³-hybridized carbons (Fsp3) is 1.00. The standard InChI is InChI=1S/C14H30O8/c1-18-8-9-22-13-14(10-19-5-2-15,11-20-6-3-16)12-21-7-4-17/h15-17H,2-13H2,1H3/i15T,16T,17T. The Labute approximate surface area is 136 Å². The summed E-state index contributed by atoms with van der Waals surface area (Å²) in [6.07, 6.45) is 0. The van der Waals surface area contributed by atoms with Gasteiger partial charge in [0.1, 0.15) is 0 Å². The van der Waals surface area contributed by atoms with Gasteiger partial charge in [-0.15, -0.1) is 0 Å². The Morgan fingerprint density at radius 3 is 1.45 bits per heavy atom. The molecule has 0 aromatic rings. The van der Waals surface area contributed by atoms with Gasteiger partial charge in [0.05, 0.1) is 84.7 Å². The zero-order valence-electron chi connectivity index (χ0n) is 16.3. The van der Waals surface area contributed by atoms with Crippen LogP contribution in [0.4, 0.5) is 0 Å². The summed E-state index contributed by atoms with van der Waals surface area (Å²) < 4.78 is 47.3. The van der Waals surface area contributed by atoms with Crippen molar-refractivity contribution in [1.29, 1.82) is 4.29 Å². The highest BCUT2D eigenvalue weighted by Crippen LogP contribution is 2.20. The van der Waals surface area contributed by atoms with Gasteiger partial charge in [-0.2, -0.15) is 0 Å². The molecule has 0 saturated carbocycles. The molecule has 134 valence electrons. The molecule has 8 heteroatoms. The molecule has 3 N–H and O–H groups in total. The van der Waals surface area contributed by atoms with E-state index in [1.807, 2.05) is 0 Å². The van der Waals surface area contributed by atoms with Crippen LogP contribution in [0, 0.1) is 5.41 Å². The second kappa shape index (κ2) is 15.6. The summed E-state index contributed by atoms with van der Waals surface area (Å²) in [5, 5.41) is 12.7. The van der Waals surface area contributed by atoms with E-state index in [2.05, 4.69) is 15.3 Å². The van der Waals surface area contributed by atoms with Crippen LogP contribution in [0.3, 0.4) is 0 Å². The minimum Gasteiger partial charge on any atom is -0.394 e. The van der Waals surface area contributed by atoms with E-state index in [1.54, 1.807) is 7.11 Å². The smallest absolute Gasteiger partial charge is 0.210 e. The van der Waals surface area contributed by atoms with Crippen molar-refractivity contribution in [2.24, 2.45) is 5.41 Å². The number of hydrogen-bond acceptors (Lipinski definition) is 8. The van der Waals surface area contributed by atoms with E-state index in [0.29, 0.717) is 19.8 Å². The predicted octanol–water partition coefficient (Wildman–Crippen LogP) is -1.34. The normalized spacial score (nSPS) is 13.8. The Hall–Kier alpha value is -0.320. The molecule has 0 aliphatic rings. The summed E-state index contributed by atoms with van der Waals surface area (Å²) in [6, 6.07) is 0. The van der Waals surface area contributed by atoms with Gasteiger partial charge in [-0.3, -0.25) is 0 Å². The average molecular weight is 332 g/mol. The highest BCUT2D eigenvalue weighted by Gasteiger charge is 2.32. The van der Waals surface area contributed by atoms with E-state index in [1.165, 1.54) is 0 Å². The number of hydrogen-bond donors (Lipinski definition) is 3. The van der Waals surface area contributed by atoms with Gasteiger partial charge in [0.15, 0.2) is 0 Å². The largest absolute Gasteiger partial charge is 0.394 e. The van der Waals surface area contributed by atoms with E-state index in [0.717, 1.165) is 0 Å². The molecule has 22 heavy (non-hydrogen) atoms. The van der Waals surface area contributed by atoms with Crippen LogP contribution in [-0.4, -0.2) is 106 Å². The maximum absolute atomic E-state index is 6.68. The van der Waals surface area contributed by atoms with Gasteiger partial charge >= 0.3 is 0 Å². The average Bonchev–Trinajstić information content (AvgIpc) is 2.63. The molecule has 0 spiro atoms. The molecule has 0 atom stereocenters. The molecule has 0 rings (SSSR count). The molecular formula is C14H30O8. The van der Waals surface area contributed by atoms with Crippen LogP contribution < -0.4 is 0 Å².